The van der Waals surface area contributed by atoms with Crippen LogP contribution in [0.15, 0.2) is 30.5 Å². The van der Waals surface area contributed by atoms with E-state index in [-0.39, 0.29) is 17.8 Å². The van der Waals surface area contributed by atoms with Gasteiger partial charge in [-0.25, -0.2) is 4.98 Å². The highest BCUT2D eigenvalue weighted by Crippen LogP contribution is 2.33. The zero-order chi connectivity index (χ0) is 14.1. The summed E-state index contributed by atoms with van der Waals surface area (Å²) >= 11 is 0. The summed E-state index contributed by atoms with van der Waals surface area (Å²) in [5.41, 5.74) is 7.32. The molecule has 0 saturated heterocycles. The molecule has 1 saturated carbocycles. The van der Waals surface area contributed by atoms with Gasteiger partial charge in [0.25, 0.3) is 0 Å². The number of benzene rings is 1. The topological polar surface area (TPSA) is 94.1 Å². The van der Waals surface area contributed by atoms with Gasteiger partial charge in [-0.3, -0.25) is 10.1 Å². The number of rotatable bonds is 3. The second-order valence-corrected chi connectivity index (χ2v) is 5.14. The fourth-order valence-electron chi connectivity index (χ4n) is 2.77. The smallest absolute Gasteiger partial charge is 0.311 e. The van der Waals surface area contributed by atoms with Gasteiger partial charge in [0.05, 0.1) is 10.4 Å². The monoisotopic (exact) mass is 272 g/mol. The molecule has 6 nitrogen and oxygen atoms in total. The molecular weight excluding hydrogens is 256 g/mol. The minimum Gasteiger partial charge on any atom is -0.375 e. The van der Waals surface area contributed by atoms with Crippen molar-refractivity contribution in [2.24, 2.45) is 5.73 Å². The molecule has 0 radical (unpaired) electrons. The molecule has 3 N–H and O–H groups in total. The standard InChI is InChI=1S/C14H16N4O2/c15-10-5-3-7-12(10)17-14-9-4-1-2-6-11(9)16-8-13(14)18(19)20/h1-2,4,6,8,10,12H,3,5,7,15H2,(H,16,17). The molecule has 2 atom stereocenters. The third-order valence-electron chi connectivity index (χ3n) is 3.85. The van der Waals surface area contributed by atoms with Crippen molar-refractivity contribution in [3.8, 4) is 0 Å². The first-order chi connectivity index (χ1) is 9.66. The lowest BCUT2D eigenvalue weighted by molar-refractivity contribution is -0.384. The summed E-state index contributed by atoms with van der Waals surface area (Å²) in [4.78, 5) is 15.0. The molecule has 2 aromatic rings. The average Bonchev–Trinajstić information content (AvgIpc) is 2.84. The molecule has 1 fully saturated rings. The van der Waals surface area contributed by atoms with Crippen LogP contribution in [0.2, 0.25) is 0 Å². The predicted molar refractivity (Wildman–Crippen MR) is 77.6 cm³/mol. The minimum atomic E-state index is -0.401. The molecule has 20 heavy (non-hydrogen) atoms. The third-order valence-corrected chi connectivity index (χ3v) is 3.85. The molecular formula is C14H16N4O2. The Bertz CT molecular complexity index is 659. The lowest BCUT2D eigenvalue weighted by Gasteiger charge is -2.19. The second-order valence-electron chi connectivity index (χ2n) is 5.14. The Morgan fingerprint density at radius 1 is 1.35 bits per heavy atom. The maximum atomic E-state index is 11.2. The van der Waals surface area contributed by atoms with Crippen molar-refractivity contribution in [2.45, 2.75) is 31.3 Å². The molecule has 2 unspecified atom stereocenters. The van der Waals surface area contributed by atoms with E-state index in [1.807, 2.05) is 24.3 Å². The van der Waals surface area contributed by atoms with Crippen LogP contribution in [-0.2, 0) is 0 Å². The van der Waals surface area contributed by atoms with Crippen molar-refractivity contribution in [3.63, 3.8) is 0 Å². The van der Waals surface area contributed by atoms with Crippen LogP contribution < -0.4 is 11.1 Å². The molecule has 0 aliphatic heterocycles. The van der Waals surface area contributed by atoms with Crippen molar-refractivity contribution in [2.75, 3.05) is 5.32 Å². The summed E-state index contributed by atoms with van der Waals surface area (Å²) in [5.74, 6) is 0. The summed E-state index contributed by atoms with van der Waals surface area (Å²) < 4.78 is 0. The number of pyridine rings is 1. The van der Waals surface area contributed by atoms with Crippen LogP contribution in [0.5, 0.6) is 0 Å². The number of nitro groups is 1. The maximum Gasteiger partial charge on any atom is 0.311 e. The van der Waals surface area contributed by atoms with Crippen LogP contribution >= 0.6 is 0 Å². The van der Waals surface area contributed by atoms with Gasteiger partial charge >= 0.3 is 5.69 Å². The quantitative estimate of drug-likeness (QED) is 0.661. The van der Waals surface area contributed by atoms with E-state index in [2.05, 4.69) is 10.3 Å². The first-order valence-corrected chi connectivity index (χ1v) is 6.71. The van der Waals surface area contributed by atoms with Gasteiger partial charge in [0.1, 0.15) is 11.9 Å². The summed E-state index contributed by atoms with van der Waals surface area (Å²) in [7, 11) is 0. The number of aromatic nitrogens is 1. The van der Waals surface area contributed by atoms with E-state index in [4.69, 9.17) is 5.73 Å². The zero-order valence-corrected chi connectivity index (χ0v) is 11.0. The van der Waals surface area contributed by atoms with E-state index in [0.29, 0.717) is 5.69 Å². The number of nitrogens with two attached hydrogens (primary N) is 1. The number of para-hydroxylation sites is 1. The Morgan fingerprint density at radius 2 is 2.15 bits per heavy atom. The van der Waals surface area contributed by atoms with Crippen molar-refractivity contribution in [3.05, 3.63) is 40.6 Å². The highest BCUT2D eigenvalue weighted by atomic mass is 16.6. The summed E-state index contributed by atoms with van der Waals surface area (Å²) in [6.45, 7) is 0. The number of hydrogen-bond acceptors (Lipinski definition) is 5. The third kappa shape index (κ3) is 2.18. The molecule has 1 aromatic heterocycles. The fourth-order valence-corrected chi connectivity index (χ4v) is 2.77. The summed E-state index contributed by atoms with van der Waals surface area (Å²) in [5, 5.41) is 15.3. The molecule has 1 heterocycles. The first kappa shape index (κ1) is 12.8. The Kier molecular flexibility index (Phi) is 3.23. The van der Waals surface area contributed by atoms with Gasteiger partial charge in [-0.1, -0.05) is 18.2 Å². The van der Waals surface area contributed by atoms with Crippen LogP contribution in [-0.4, -0.2) is 22.0 Å². The normalized spacial score (nSPS) is 22.1. The van der Waals surface area contributed by atoms with Gasteiger partial charge < -0.3 is 11.1 Å². The minimum absolute atomic E-state index is 0.00259. The van der Waals surface area contributed by atoms with E-state index in [0.717, 1.165) is 30.2 Å². The van der Waals surface area contributed by atoms with E-state index >= 15 is 0 Å². The highest BCUT2D eigenvalue weighted by Gasteiger charge is 2.27. The van der Waals surface area contributed by atoms with Gasteiger partial charge in [-0.15, -0.1) is 0 Å². The summed E-state index contributed by atoms with van der Waals surface area (Å²) in [6.07, 6.45) is 4.25. The van der Waals surface area contributed by atoms with E-state index < -0.39 is 4.92 Å². The van der Waals surface area contributed by atoms with Crippen LogP contribution in [0.3, 0.4) is 0 Å². The number of anilines is 1. The van der Waals surface area contributed by atoms with Gasteiger partial charge in [0.15, 0.2) is 0 Å². The molecule has 1 aliphatic carbocycles. The van der Waals surface area contributed by atoms with E-state index in [9.17, 15) is 10.1 Å². The SMILES string of the molecule is NC1CCCC1Nc1c([N+](=O)[O-])cnc2ccccc12. The molecule has 3 rings (SSSR count). The van der Waals surface area contributed by atoms with Gasteiger partial charge in [-0.2, -0.15) is 0 Å². The Labute approximate surface area is 116 Å². The average molecular weight is 272 g/mol. The summed E-state index contributed by atoms with van der Waals surface area (Å²) in [6, 6.07) is 7.54. The Morgan fingerprint density at radius 3 is 2.85 bits per heavy atom. The number of hydrogen-bond donors (Lipinski definition) is 2. The maximum absolute atomic E-state index is 11.2. The van der Waals surface area contributed by atoms with E-state index in [1.54, 1.807) is 0 Å². The fraction of sp³-hybridized carbons (Fsp3) is 0.357. The predicted octanol–water partition coefficient (Wildman–Crippen LogP) is 2.43. The largest absolute Gasteiger partial charge is 0.375 e. The molecule has 6 heteroatoms. The molecule has 0 spiro atoms. The van der Waals surface area contributed by atoms with Crippen molar-refractivity contribution in [1.82, 2.24) is 4.98 Å². The number of fused-ring (bicyclic) bond motifs is 1. The lowest BCUT2D eigenvalue weighted by Crippen LogP contribution is -2.35. The Hall–Kier alpha value is -2.21. The molecule has 104 valence electrons. The van der Waals surface area contributed by atoms with Gasteiger partial charge in [-0.05, 0) is 25.3 Å². The number of nitrogens with zero attached hydrogens (tertiary/aromatic N) is 2. The van der Waals surface area contributed by atoms with Crippen molar-refractivity contribution in [1.29, 1.82) is 0 Å². The van der Waals surface area contributed by atoms with Crippen LogP contribution in [0.1, 0.15) is 19.3 Å². The first-order valence-electron chi connectivity index (χ1n) is 6.71. The van der Waals surface area contributed by atoms with Crippen molar-refractivity contribution >= 4 is 22.3 Å². The van der Waals surface area contributed by atoms with Crippen LogP contribution in [0, 0.1) is 10.1 Å². The van der Waals surface area contributed by atoms with Crippen molar-refractivity contribution < 1.29 is 4.92 Å². The molecule has 0 amide bonds. The lowest BCUT2D eigenvalue weighted by atomic mass is 10.1. The Balaban J connectivity index is 2.09. The zero-order valence-electron chi connectivity index (χ0n) is 11.0. The van der Waals surface area contributed by atoms with Crippen LogP contribution in [0.4, 0.5) is 11.4 Å². The highest BCUT2D eigenvalue weighted by molar-refractivity contribution is 5.95. The van der Waals surface area contributed by atoms with E-state index in [1.165, 1.54) is 6.20 Å². The van der Waals surface area contributed by atoms with Crippen LogP contribution in [0.25, 0.3) is 10.9 Å². The second kappa shape index (κ2) is 5.05. The molecule has 1 aliphatic rings. The number of nitrogens with one attached hydrogen (secondary N) is 1. The molecule has 1 aromatic carbocycles. The van der Waals surface area contributed by atoms with Gasteiger partial charge in [0, 0.05) is 17.5 Å². The molecule has 0 bridgehead atoms. The van der Waals surface area contributed by atoms with Gasteiger partial charge in [0.2, 0.25) is 0 Å².